The molecule has 0 amide bonds. The molecule has 3 unspecified atom stereocenters. The fraction of sp³-hybridized carbons (Fsp3) is 0.667. The molecule has 0 spiro atoms. The molecular weight excluding hydrogens is 518 g/mol. The van der Waals surface area contributed by atoms with Gasteiger partial charge in [0.1, 0.15) is 24.7 Å². The van der Waals surface area contributed by atoms with Crippen LogP contribution in [0.3, 0.4) is 0 Å². The van der Waals surface area contributed by atoms with Gasteiger partial charge in [-0.25, -0.2) is 27.0 Å². The van der Waals surface area contributed by atoms with Crippen molar-refractivity contribution in [1.82, 2.24) is 14.8 Å². The zero-order chi connectivity index (χ0) is 23.8. The number of anilines is 1. The predicted molar refractivity (Wildman–Crippen MR) is 97.9 cm³/mol. The second kappa shape index (κ2) is 9.27. The Labute approximate surface area is 173 Å². The summed E-state index contributed by atoms with van der Waals surface area (Å²) in [6.07, 6.45) is -5.70. The molecule has 7 N–H and O–H groups in total. The van der Waals surface area contributed by atoms with Crippen molar-refractivity contribution < 1.29 is 60.5 Å². The Morgan fingerprint density at radius 3 is 2.42 bits per heavy atom. The van der Waals surface area contributed by atoms with Crippen LogP contribution >= 0.6 is 31.4 Å². The molecule has 31 heavy (non-hydrogen) atoms. The van der Waals surface area contributed by atoms with Crippen LogP contribution in [0, 0.1) is 0 Å². The lowest BCUT2D eigenvalue weighted by molar-refractivity contribution is -0.0804. The molecular formula is C9H16F2N4O12P4. The van der Waals surface area contributed by atoms with Crippen molar-refractivity contribution >= 4 is 37.2 Å². The highest BCUT2D eigenvalue weighted by molar-refractivity contribution is 7.91. The predicted octanol–water partition coefficient (Wildman–Crippen LogP) is -0.788. The monoisotopic (exact) mass is 534 g/mol. The molecule has 1 aromatic heterocycles. The van der Waals surface area contributed by atoms with Crippen molar-refractivity contribution in [3.8, 4) is 0 Å². The van der Waals surface area contributed by atoms with E-state index in [-0.39, 0.29) is 10.5 Å². The molecule has 1 aliphatic heterocycles. The molecule has 0 aliphatic carbocycles. The second-order valence-electron chi connectivity index (χ2n) is 5.88. The van der Waals surface area contributed by atoms with Gasteiger partial charge in [-0.05, 0) is 8.53 Å². The lowest BCUT2D eigenvalue weighted by Crippen LogP contribution is -2.47. The Morgan fingerprint density at radius 2 is 1.90 bits per heavy atom. The quantitative estimate of drug-likeness (QED) is 0.213. The Bertz CT molecular complexity index is 1020. The average Bonchev–Trinajstić information content (AvgIpc) is 2.82. The van der Waals surface area contributed by atoms with Gasteiger partial charge in [-0.3, -0.25) is 4.52 Å². The van der Waals surface area contributed by atoms with Gasteiger partial charge in [-0.15, -0.1) is 0 Å². The van der Waals surface area contributed by atoms with Gasteiger partial charge in [0.05, 0.1) is 12.8 Å². The van der Waals surface area contributed by atoms with Crippen molar-refractivity contribution in [2.45, 2.75) is 24.1 Å². The summed E-state index contributed by atoms with van der Waals surface area (Å²) in [5.74, 6) is -0.348. The van der Waals surface area contributed by atoms with Gasteiger partial charge >= 0.3 is 21.3 Å². The van der Waals surface area contributed by atoms with E-state index >= 15 is 4.39 Å². The van der Waals surface area contributed by atoms with Crippen LogP contribution in [0.1, 0.15) is 6.23 Å². The topological polar surface area (TPSA) is 246 Å². The molecule has 22 heteroatoms. The smallest absolute Gasteiger partial charge is 0.387 e. The van der Waals surface area contributed by atoms with Crippen molar-refractivity contribution in [2.75, 3.05) is 19.0 Å². The molecule has 0 aromatic carbocycles. The number of hydrogen-bond acceptors (Lipinski definition) is 11. The number of nitrogens with zero attached hydrogens (tertiary/aromatic N) is 3. The van der Waals surface area contributed by atoms with E-state index in [2.05, 4.69) is 31.8 Å². The largest absolute Gasteiger partial charge is 0.488 e. The van der Waals surface area contributed by atoms with E-state index in [1.54, 1.807) is 0 Å². The maximum Gasteiger partial charge on any atom is 0.488 e. The number of ether oxygens (including phenoxy) is 1. The van der Waals surface area contributed by atoms with Crippen LogP contribution in [0.15, 0.2) is 11.0 Å². The molecule has 1 saturated heterocycles. The summed E-state index contributed by atoms with van der Waals surface area (Å²) in [4.78, 5) is 51.6. The van der Waals surface area contributed by atoms with Gasteiger partial charge in [0.2, 0.25) is 5.67 Å². The fourth-order valence-electron chi connectivity index (χ4n) is 2.35. The minimum atomic E-state index is -5.56. The van der Waals surface area contributed by atoms with E-state index in [4.69, 9.17) is 20.3 Å². The first kappa shape index (κ1) is 26.6. The van der Waals surface area contributed by atoms with Gasteiger partial charge in [-0.1, -0.05) is 0 Å². The van der Waals surface area contributed by atoms with Crippen molar-refractivity contribution in [1.29, 1.82) is 0 Å². The highest BCUT2D eigenvalue weighted by Crippen LogP contribution is 2.67. The highest BCUT2D eigenvalue weighted by atomic mass is 31.8. The van der Waals surface area contributed by atoms with Crippen LogP contribution in [0.2, 0.25) is 0 Å². The summed E-state index contributed by atoms with van der Waals surface area (Å²) in [6, 6.07) is 0. The lowest BCUT2D eigenvalue weighted by Gasteiger charge is -2.25. The molecule has 0 bridgehead atoms. The van der Waals surface area contributed by atoms with Gasteiger partial charge in [-0.2, -0.15) is 19.1 Å². The molecule has 178 valence electrons. The third-order valence-corrected chi connectivity index (χ3v) is 8.14. The van der Waals surface area contributed by atoms with E-state index in [9.17, 15) is 33.2 Å². The van der Waals surface area contributed by atoms with Crippen LogP contribution in [-0.4, -0.2) is 70.6 Å². The zero-order valence-corrected chi connectivity index (χ0v) is 18.5. The Kier molecular flexibility index (Phi) is 7.94. The molecule has 6 atom stereocenters. The molecule has 0 saturated carbocycles. The number of aliphatic hydroxyl groups excluding tert-OH is 1. The number of aliphatic hydroxyl groups is 1. The third kappa shape index (κ3) is 6.65. The number of nitrogen functional groups attached to an aromatic ring is 1. The Morgan fingerprint density at radius 1 is 1.29 bits per heavy atom. The first-order valence-corrected chi connectivity index (χ1v) is 13.6. The maximum absolute atomic E-state index is 15.0. The molecule has 1 fully saturated rings. The number of phosphoric ester groups is 1. The van der Waals surface area contributed by atoms with E-state index in [0.29, 0.717) is 0 Å². The molecule has 1 aromatic rings. The SMILES string of the molecule is Nc1cnn([C@@H]2O[C@H](COP(=O)(O)OP(=O)(O)OP(O)(O)=P)[C@H](O)C2(F)CF)c(=O)n1. The summed E-state index contributed by atoms with van der Waals surface area (Å²) in [7, 11) is -13.5. The number of halogens is 2. The number of nitrogens with two attached hydrogens (primary N) is 1. The van der Waals surface area contributed by atoms with Crippen LogP contribution < -0.4 is 11.4 Å². The molecule has 2 rings (SSSR count). The Balaban J connectivity index is 2.17. The fourth-order valence-corrected chi connectivity index (χ4v) is 6.38. The number of phosphoric acid groups is 2. The van der Waals surface area contributed by atoms with Gasteiger partial charge in [0, 0.05) is 0 Å². The molecule has 0 radical (unpaired) electrons. The number of hydrogen-bond donors (Lipinski definition) is 6. The number of rotatable bonds is 9. The van der Waals surface area contributed by atoms with Crippen LogP contribution in [-0.2, 0) is 27.0 Å². The molecule has 2 heterocycles. The summed E-state index contributed by atoms with van der Waals surface area (Å²) in [5, 5.41) is 13.5. The van der Waals surface area contributed by atoms with Crippen molar-refractivity contribution in [3.05, 3.63) is 16.7 Å². The van der Waals surface area contributed by atoms with Crippen molar-refractivity contribution in [2.24, 2.45) is 0 Å². The average molecular weight is 534 g/mol. The first-order chi connectivity index (χ1) is 14.0. The van der Waals surface area contributed by atoms with E-state index in [0.717, 1.165) is 6.20 Å². The first-order valence-electron chi connectivity index (χ1n) is 7.62. The number of alkyl halides is 2. The van der Waals surface area contributed by atoms with Crippen molar-refractivity contribution in [3.63, 3.8) is 0 Å². The summed E-state index contributed by atoms with van der Waals surface area (Å²) >= 11 is 0. The maximum atomic E-state index is 15.0. The van der Waals surface area contributed by atoms with Gasteiger partial charge < -0.3 is 35.2 Å². The lowest BCUT2D eigenvalue weighted by atomic mass is 9.98. The summed E-state index contributed by atoms with van der Waals surface area (Å²) in [5.41, 5.74) is 0.690. The van der Waals surface area contributed by atoms with Crippen LogP contribution in [0.4, 0.5) is 14.6 Å². The number of aromatic nitrogens is 3. The van der Waals surface area contributed by atoms with Gasteiger partial charge in [0.25, 0.3) is 7.23 Å². The zero-order valence-electron chi connectivity index (χ0n) is 14.8. The minimum Gasteiger partial charge on any atom is -0.387 e. The van der Waals surface area contributed by atoms with Crippen LogP contribution in [0.25, 0.3) is 0 Å². The van der Waals surface area contributed by atoms with E-state index in [1.807, 2.05) is 0 Å². The standard InChI is InChI=1S/C9H16F2N4O12P4/c10-3-9(11)6(16)4(25-7(9)15-8(17)14-5(12)1-13-15)2-24-29(18,19)26-30(20,21)27-31(22,23)28/h1,4,6-7,16,22-23,28H,2-3H2,(H,18,19)(H,20,21)(H2,12,14,17)/t4-,6+,7-,9?/m1/s1. The third-order valence-electron chi connectivity index (χ3n) is 3.55. The van der Waals surface area contributed by atoms with Gasteiger partial charge in [0.15, 0.2) is 6.23 Å². The Hall–Kier alpha value is -0.700. The summed E-state index contributed by atoms with van der Waals surface area (Å²) < 4.78 is 68.7. The molecule has 16 nitrogen and oxygen atoms in total. The normalized spacial score (nSPS) is 30.6. The minimum absolute atomic E-state index is 0.228. The highest BCUT2D eigenvalue weighted by Gasteiger charge is 2.60. The van der Waals surface area contributed by atoms with E-state index < -0.39 is 66.0 Å². The van der Waals surface area contributed by atoms with E-state index in [1.165, 1.54) is 0 Å². The summed E-state index contributed by atoms with van der Waals surface area (Å²) in [6.45, 7) is -3.13. The van der Waals surface area contributed by atoms with Crippen LogP contribution in [0.5, 0.6) is 0 Å². The second-order valence-corrected chi connectivity index (χ2v) is 12.2. The molecule has 1 aliphatic rings.